The summed E-state index contributed by atoms with van der Waals surface area (Å²) in [6.07, 6.45) is 0.454. The molecule has 0 bridgehead atoms. The number of ketones is 1. The van der Waals surface area contributed by atoms with E-state index in [2.05, 4.69) is 22.0 Å². The molecule has 0 aliphatic heterocycles. The van der Waals surface area contributed by atoms with E-state index < -0.39 is 0 Å². The van der Waals surface area contributed by atoms with E-state index in [0.717, 1.165) is 9.35 Å². The van der Waals surface area contributed by atoms with Crippen molar-refractivity contribution < 1.29 is 4.79 Å². The molecule has 0 fully saturated rings. The molecule has 0 spiro atoms. The van der Waals surface area contributed by atoms with Crippen LogP contribution in [0, 0.1) is 11.3 Å². The van der Waals surface area contributed by atoms with Crippen molar-refractivity contribution in [3.63, 3.8) is 0 Å². The highest BCUT2D eigenvalue weighted by atomic mass is 79.9. The van der Waals surface area contributed by atoms with E-state index in [4.69, 9.17) is 5.26 Å². The summed E-state index contributed by atoms with van der Waals surface area (Å²) in [5, 5.41) is 10.3. The molecule has 0 N–H and O–H groups in total. The third kappa shape index (κ3) is 3.74. The number of rotatable bonds is 5. The molecule has 0 atom stereocenters. The standard InChI is InChI=1S/C10H11BrN2OS/c1-13(5-2-4-12)7-9(14)10-8(11)3-6-15-10/h3,6H,2,5,7H2,1H3. The zero-order chi connectivity index (χ0) is 11.3. The van der Waals surface area contributed by atoms with E-state index in [1.165, 1.54) is 11.3 Å². The molecule has 0 aliphatic rings. The lowest BCUT2D eigenvalue weighted by Crippen LogP contribution is -2.26. The summed E-state index contributed by atoms with van der Waals surface area (Å²) in [6.45, 7) is 0.992. The molecule has 0 aromatic carbocycles. The van der Waals surface area contributed by atoms with Crippen LogP contribution in [0.1, 0.15) is 16.1 Å². The van der Waals surface area contributed by atoms with Crippen LogP contribution in [0.15, 0.2) is 15.9 Å². The number of carbonyl (C=O) groups excluding carboxylic acids is 1. The van der Waals surface area contributed by atoms with Crippen molar-refractivity contribution in [3.8, 4) is 6.07 Å². The number of hydrogen-bond donors (Lipinski definition) is 0. The van der Waals surface area contributed by atoms with Gasteiger partial charge in [0.15, 0.2) is 5.78 Å². The average molecular weight is 287 g/mol. The van der Waals surface area contributed by atoms with Crippen LogP contribution in [0.3, 0.4) is 0 Å². The van der Waals surface area contributed by atoms with Crippen molar-refractivity contribution in [2.45, 2.75) is 6.42 Å². The molecule has 1 heterocycles. The normalized spacial score (nSPS) is 10.3. The molecule has 0 unspecified atom stereocenters. The number of thiophene rings is 1. The highest BCUT2D eigenvalue weighted by Crippen LogP contribution is 2.23. The Morgan fingerprint density at radius 1 is 1.73 bits per heavy atom. The minimum Gasteiger partial charge on any atom is -0.298 e. The maximum absolute atomic E-state index is 11.8. The number of hydrogen-bond acceptors (Lipinski definition) is 4. The van der Waals surface area contributed by atoms with Gasteiger partial charge in [-0.15, -0.1) is 11.3 Å². The number of halogens is 1. The van der Waals surface area contributed by atoms with Crippen molar-refractivity contribution in [2.75, 3.05) is 20.1 Å². The Morgan fingerprint density at radius 2 is 2.47 bits per heavy atom. The van der Waals surface area contributed by atoms with E-state index in [-0.39, 0.29) is 5.78 Å². The molecule has 15 heavy (non-hydrogen) atoms. The second-order valence-electron chi connectivity index (χ2n) is 3.17. The van der Waals surface area contributed by atoms with E-state index in [9.17, 15) is 4.79 Å². The molecule has 1 rings (SSSR count). The van der Waals surface area contributed by atoms with E-state index in [0.29, 0.717) is 19.5 Å². The van der Waals surface area contributed by atoms with Gasteiger partial charge in [0.25, 0.3) is 0 Å². The van der Waals surface area contributed by atoms with Gasteiger partial charge in [0.05, 0.1) is 17.5 Å². The van der Waals surface area contributed by atoms with Crippen molar-refractivity contribution in [1.29, 1.82) is 5.26 Å². The van der Waals surface area contributed by atoms with Gasteiger partial charge in [-0.25, -0.2) is 0 Å². The summed E-state index contributed by atoms with van der Waals surface area (Å²) in [6, 6.07) is 3.93. The SMILES string of the molecule is CN(CCC#N)CC(=O)c1sccc1Br. The smallest absolute Gasteiger partial charge is 0.187 e. The summed E-state index contributed by atoms with van der Waals surface area (Å²) in [5.41, 5.74) is 0. The predicted octanol–water partition coefficient (Wildman–Crippen LogP) is 2.54. The third-order valence-electron chi connectivity index (χ3n) is 1.89. The van der Waals surface area contributed by atoms with Crippen LogP contribution in [-0.4, -0.2) is 30.8 Å². The summed E-state index contributed by atoms with van der Waals surface area (Å²) < 4.78 is 0.853. The average Bonchev–Trinajstić information content (AvgIpc) is 2.61. The summed E-state index contributed by atoms with van der Waals surface area (Å²) >= 11 is 4.76. The van der Waals surface area contributed by atoms with Crippen LogP contribution < -0.4 is 0 Å². The van der Waals surface area contributed by atoms with Crippen LogP contribution in [0.4, 0.5) is 0 Å². The molecule has 0 aliphatic carbocycles. The second kappa shape index (κ2) is 6.01. The largest absolute Gasteiger partial charge is 0.298 e. The van der Waals surface area contributed by atoms with Crippen LogP contribution in [0.5, 0.6) is 0 Å². The van der Waals surface area contributed by atoms with Crippen LogP contribution in [0.25, 0.3) is 0 Å². The van der Waals surface area contributed by atoms with Gasteiger partial charge in [-0.05, 0) is 34.4 Å². The Hall–Kier alpha value is -0.700. The van der Waals surface area contributed by atoms with Gasteiger partial charge in [-0.3, -0.25) is 9.69 Å². The van der Waals surface area contributed by atoms with Gasteiger partial charge in [0.1, 0.15) is 0 Å². The fourth-order valence-electron chi connectivity index (χ4n) is 1.13. The van der Waals surface area contributed by atoms with E-state index >= 15 is 0 Å². The fourth-order valence-corrected chi connectivity index (χ4v) is 2.66. The first kappa shape index (κ1) is 12.4. The molecular formula is C10H11BrN2OS. The second-order valence-corrected chi connectivity index (χ2v) is 4.94. The van der Waals surface area contributed by atoms with E-state index in [1.54, 1.807) is 0 Å². The van der Waals surface area contributed by atoms with E-state index in [1.807, 2.05) is 23.4 Å². The molecule has 0 saturated heterocycles. The minimum absolute atomic E-state index is 0.0947. The fraction of sp³-hybridized carbons (Fsp3) is 0.400. The lowest BCUT2D eigenvalue weighted by Gasteiger charge is -2.12. The van der Waals surface area contributed by atoms with Gasteiger partial charge >= 0.3 is 0 Å². The highest BCUT2D eigenvalue weighted by molar-refractivity contribution is 9.10. The van der Waals surface area contributed by atoms with Crippen molar-refractivity contribution in [2.24, 2.45) is 0 Å². The Balaban J connectivity index is 2.50. The quantitative estimate of drug-likeness (QED) is 0.782. The first-order valence-electron chi connectivity index (χ1n) is 4.47. The molecular weight excluding hydrogens is 276 g/mol. The first-order chi connectivity index (χ1) is 7.15. The number of nitrogens with zero attached hydrogens (tertiary/aromatic N) is 2. The lowest BCUT2D eigenvalue weighted by atomic mass is 10.3. The Bertz CT molecular complexity index is 383. The minimum atomic E-state index is 0.0947. The monoisotopic (exact) mass is 286 g/mol. The zero-order valence-electron chi connectivity index (χ0n) is 8.36. The van der Waals surface area contributed by atoms with Gasteiger partial charge < -0.3 is 0 Å². The van der Waals surface area contributed by atoms with Crippen LogP contribution in [0.2, 0.25) is 0 Å². The van der Waals surface area contributed by atoms with Gasteiger partial charge in [-0.1, -0.05) is 0 Å². The summed E-state index contributed by atoms with van der Waals surface area (Å²) in [5.74, 6) is 0.0947. The molecule has 1 aromatic rings. The molecule has 1 aromatic heterocycles. The topological polar surface area (TPSA) is 44.1 Å². The maximum Gasteiger partial charge on any atom is 0.187 e. The number of nitriles is 1. The van der Waals surface area contributed by atoms with Crippen molar-refractivity contribution >= 4 is 33.0 Å². The highest BCUT2D eigenvalue weighted by Gasteiger charge is 2.13. The van der Waals surface area contributed by atoms with Gasteiger partial charge in [0.2, 0.25) is 0 Å². The van der Waals surface area contributed by atoms with Gasteiger partial charge in [-0.2, -0.15) is 5.26 Å². The molecule has 3 nitrogen and oxygen atoms in total. The van der Waals surface area contributed by atoms with Crippen molar-refractivity contribution in [1.82, 2.24) is 4.90 Å². The number of likely N-dealkylation sites (N-methyl/N-ethyl adjacent to an activating group) is 1. The van der Waals surface area contributed by atoms with Crippen LogP contribution in [-0.2, 0) is 0 Å². The van der Waals surface area contributed by atoms with Crippen LogP contribution >= 0.6 is 27.3 Å². The maximum atomic E-state index is 11.8. The molecule has 0 amide bonds. The lowest BCUT2D eigenvalue weighted by molar-refractivity contribution is 0.0950. The summed E-state index contributed by atoms with van der Waals surface area (Å²) in [4.78, 5) is 14.4. The Labute approximate surface area is 101 Å². The summed E-state index contributed by atoms with van der Waals surface area (Å²) in [7, 11) is 1.84. The number of carbonyl (C=O) groups is 1. The Morgan fingerprint density at radius 3 is 3.00 bits per heavy atom. The Kier molecular flexibility index (Phi) is 4.95. The predicted molar refractivity (Wildman–Crippen MR) is 64.1 cm³/mol. The molecule has 80 valence electrons. The third-order valence-corrected chi connectivity index (χ3v) is 3.77. The molecule has 0 radical (unpaired) electrons. The molecule has 5 heteroatoms. The number of Topliss-reactive ketones (excluding diaryl/α,β-unsaturated/α-hetero) is 1. The zero-order valence-corrected chi connectivity index (χ0v) is 10.8. The van der Waals surface area contributed by atoms with Gasteiger partial charge in [0, 0.05) is 17.4 Å². The van der Waals surface area contributed by atoms with Crippen molar-refractivity contribution in [3.05, 3.63) is 20.8 Å². The molecule has 0 saturated carbocycles. The first-order valence-corrected chi connectivity index (χ1v) is 6.14.